The van der Waals surface area contributed by atoms with Crippen LogP contribution in [0, 0.1) is 0 Å². The highest BCUT2D eigenvalue weighted by Gasteiger charge is 2.10. The van der Waals surface area contributed by atoms with E-state index in [9.17, 15) is 4.79 Å². The molecular formula is C18H17N3O2. The van der Waals surface area contributed by atoms with E-state index < -0.39 is 0 Å². The Labute approximate surface area is 134 Å². The zero-order chi connectivity index (χ0) is 16.1. The van der Waals surface area contributed by atoms with Crippen molar-refractivity contribution in [2.75, 3.05) is 13.7 Å². The maximum absolute atomic E-state index is 12.4. The monoisotopic (exact) mass is 307 g/mol. The highest BCUT2D eigenvalue weighted by atomic mass is 16.5. The van der Waals surface area contributed by atoms with Gasteiger partial charge in [0.15, 0.2) is 0 Å². The Morgan fingerprint density at radius 2 is 1.87 bits per heavy atom. The van der Waals surface area contributed by atoms with Crippen molar-refractivity contribution in [1.29, 1.82) is 0 Å². The molecule has 0 spiro atoms. The first-order valence-corrected chi connectivity index (χ1v) is 7.39. The fraction of sp³-hybridized carbons (Fsp3) is 0.167. The highest BCUT2D eigenvalue weighted by Crippen LogP contribution is 2.14. The summed E-state index contributed by atoms with van der Waals surface area (Å²) >= 11 is 0. The van der Waals surface area contributed by atoms with Crippen LogP contribution < -0.4 is 10.1 Å². The number of rotatable bonds is 5. The van der Waals surface area contributed by atoms with Crippen molar-refractivity contribution >= 4 is 16.9 Å². The van der Waals surface area contributed by atoms with Gasteiger partial charge in [0.1, 0.15) is 11.3 Å². The molecule has 3 aromatic rings. The van der Waals surface area contributed by atoms with E-state index in [1.165, 1.54) is 0 Å². The molecule has 23 heavy (non-hydrogen) atoms. The van der Waals surface area contributed by atoms with Crippen LogP contribution in [-0.4, -0.2) is 29.5 Å². The van der Waals surface area contributed by atoms with Crippen LogP contribution in [0.1, 0.15) is 15.9 Å². The van der Waals surface area contributed by atoms with E-state index in [0.29, 0.717) is 17.6 Å². The molecule has 5 heteroatoms. The van der Waals surface area contributed by atoms with Gasteiger partial charge in [-0.25, -0.2) is 0 Å². The largest absolute Gasteiger partial charge is 0.497 e. The smallest absolute Gasteiger partial charge is 0.253 e. The van der Waals surface area contributed by atoms with Crippen LogP contribution >= 0.6 is 0 Å². The van der Waals surface area contributed by atoms with Crippen molar-refractivity contribution in [3.63, 3.8) is 0 Å². The molecule has 0 bridgehead atoms. The van der Waals surface area contributed by atoms with Gasteiger partial charge in [-0.1, -0.05) is 18.2 Å². The van der Waals surface area contributed by atoms with Gasteiger partial charge in [0.05, 0.1) is 18.2 Å². The van der Waals surface area contributed by atoms with Crippen LogP contribution in [0.2, 0.25) is 0 Å². The Bertz CT molecular complexity index is 811. The number of carbonyl (C=O) groups is 1. The van der Waals surface area contributed by atoms with E-state index in [0.717, 1.165) is 23.3 Å². The van der Waals surface area contributed by atoms with Gasteiger partial charge >= 0.3 is 0 Å². The Kier molecular flexibility index (Phi) is 4.47. The van der Waals surface area contributed by atoms with Crippen LogP contribution in [0.4, 0.5) is 0 Å². The number of ether oxygens (including phenoxy) is 1. The van der Waals surface area contributed by atoms with E-state index in [1.54, 1.807) is 25.6 Å². The molecule has 0 fully saturated rings. The summed E-state index contributed by atoms with van der Waals surface area (Å²) in [6.07, 6.45) is 3.97. The zero-order valence-corrected chi connectivity index (χ0v) is 12.8. The maximum Gasteiger partial charge on any atom is 0.253 e. The number of para-hydroxylation sites is 1. The molecule has 0 radical (unpaired) electrons. The second kappa shape index (κ2) is 6.87. The van der Waals surface area contributed by atoms with Gasteiger partial charge in [-0.2, -0.15) is 0 Å². The summed E-state index contributed by atoms with van der Waals surface area (Å²) in [6, 6.07) is 13.2. The summed E-state index contributed by atoms with van der Waals surface area (Å²) in [5.74, 6) is 0.691. The molecule has 0 aliphatic carbocycles. The van der Waals surface area contributed by atoms with Crippen LogP contribution in [0.3, 0.4) is 0 Å². The molecule has 1 aromatic heterocycles. The predicted octanol–water partition coefficient (Wildman–Crippen LogP) is 2.61. The third-order valence-corrected chi connectivity index (χ3v) is 3.60. The first-order chi connectivity index (χ1) is 11.3. The quantitative estimate of drug-likeness (QED) is 0.787. The lowest BCUT2D eigenvalue weighted by Gasteiger charge is -2.07. The van der Waals surface area contributed by atoms with Gasteiger partial charge in [-0.05, 0) is 36.2 Å². The number of carbonyl (C=O) groups excluding carboxylic acids is 1. The van der Waals surface area contributed by atoms with E-state index >= 15 is 0 Å². The Hall–Kier alpha value is -2.95. The van der Waals surface area contributed by atoms with Crippen LogP contribution in [0.25, 0.3) is 11.0 Å². The molecule has 0 aliphatic rings. The number of benzene rings is 2. The van der Waals surface area contributed by atoms with Gasteiger partial charge in [-0.3, -0.25) is 14.8 Å². The third-order valence-electron chi connectivity index (χ3n) is 3.60. The molecule has 1 amide bonds. The topological polar surface area (TPSA) is 64.1 Å². The molecule has 0 saturated carbocycles. The summed E-state index contributed by atoms with van der Waals surface area (Å²) in [7, 11) is 1.64. The first-order valence-electron chi connectivity index (χ1n) is 7.39. The molecular weight excluding hydrogens is 290 g/mol. The number of fused-ring (bicyclic) bond motifs is 1. The molecule has 0 saturated heterocycles. The van der Waals surface area contributed by atoms with Crippen LogP contribution in [-0.2, 0) is 6.42 Å². The van der Waals surface area contributed by atoms with Crippen LogP contribution in [0.5, 0.6) is 5.75 Å². The fourth-order valence-electron chi connectivity index (χ4n) is 2.38. The van der Waals surface area contributed by atoms with Crippen LogP contribution in [0.15, 0.2) is 54.9 Å². The number of hydrogen-bond acceptors (Lipinski definition) is 4. The van der Waals surface area contributed by atoms with E-state index in [-0.39, 0.29) is 5.91 Å². The first kappa shape index (κ1) is 15.0. The number of aromatic nitrogens is 2. The van der Waals surface area contributed by atoms with E-state index in [1.807, 2.05) is 36.4 Å². The zero-order valence-electron chi connectivity index (χ0n) is 12.8. The lowest BCUT2D eigenvalue weighted by atomic mass is 10.1. The van der Waals surface area contributed by atoms with Crippen molar-refractivity contribution in [3.05, 3.63) is 66.0 Å². The van der Waals surface area contributed by atoms with Gasteiger partial charge in [0, 0.05) is 18.9 Å². The summed E-state index contributed by atoms with van der Waals surface area (Å²) in [5.41, 5.74) is 3.03. The minimum absolute atomic E-state index is 0.135. The fourth-order valence-corrected chi connectivity index (χ4v) is 2.38. The lowest BCUT2D eigenvalue weighted by molar-refractivity contribution is 0.0955. The van der Waals surface area contributed by atoms with Gasteiger partial charge in [0.2, 0.25) is 0 Å². The predicted molar refractivity (Wildman–Crippen MR) is 88.6 cm³/mol. The number of methoxy groups -OCH3 is 1. The third kappa shape index (κ3) is 3.45. The van der Waals surface area contributed by atoms with Crippen molar-refractivity contribution in [1.82, 2.24) is 15.3 Å². The van der Waals surface area contributed by atoms with Gasteiger partial charge < -0.3 is 10.1 Å². The molecule has 116 valence electrons. The molecule has 0 atom stereocenters. The summed E-state index contributed by atoms with van der Waals surface area (Å²) in [6.45, 7) is 0.557. The molecule has 2 aromatic carbocycles. The van der Waals surface area contributed by atoms with E-state index in [4.69, 9.17) is 4.74 Å². The summed E-state index contributed by atoms with van der Waals surface area (Å²) in [5, 5.41) is 2.93. The Balaban J connectivity index is 1.64. The molecule has 5 nitrogen and oxygen atoms in total. The maximum atomic E-state index is 12.4. The minimum Gasteiger partial charge on any atom is -0.497 e. The summed E-state index contributed by atoms with van der Waals surface area (Å²) in [4.78, 5) is 20.8. The van der Waals surface area contributed by atoms with Crippen molar-refractivity contribution in [2.24, 2.45) is 0 Å². The van der Waals surface area contributed by atoms with Gasteiger partial charge in [-0.15, -0.1) is 0 Å². The number of nitrogens with zero attached hydrogens (tertiary/aromatic N) is 2. The SMILES string of the molecule is COc1ccc(CCNC(=O)c2cccc3nccnc23)cc1. The summed E-state index contributed by atoms with van der Waals surface area (Å²) < 4.78 is 5.13. The Morgan fingerprint density at radius 1 is 1.09 bits per heavy atom. The molecule has 3 rings (SSSR count). The van der Waals surface area contributed by atoms with Crippen molar-refractivity contribution in [3.8, 4) is 5.75 Å². The number of hydrogen-bond donors (Lipinski definition) is 1. The Morgan fingerprint density at radius 3 is 2.65 bits per heavy atom. The van der Waals surface area contributed by atoms with Crippen molar-refractivity contribution in [2.45, 2.75) is 6.42 Å². The number of nitrogens with one attached hydrogen (secondary N) is 1. The average molecular weight is 307 g/mol. The molecule has 0 aliphatic heterocycles. The normalized spacial score (nSPS) is 10.5. The number of amides is 1. The molecule has 1 N–H and O–H groups in total. The molecule has 0 unspecified atom stereocenters. The highest BCUT2D eigenvalue weighted by molar-refractivity contribution is 6.04. The minimum atomic E-state index is -0.135. The van der Waals surface area contributed by atoms with E-state index in [2.05, 4.69) is 15.3 Å². The standard InChI is InChI=1S/C18H17N3O2/c1-23-14-7-5-13(6-8-14)9-10-21-18(22)15-3-2-4-16-17(15)20-12-11-19-16/h2-8,11-12H,9-10H2,1H3,(H,21,22). The van der Waals surface area contributed by atoms with Gasteiger partial charge in [0.25, 0.3) is 5.91 Å². The average Bonchev–Trinajstić information content (AvgIpc) is 2.61. The van der Waals surface area contributed by atoms with Crippen molar-refractivity contribution < 1.29 is 9.53 Å². The molecule has 1 heterocycles. The second-order valence-electron chi connectivity index (χ2n) is 5.08. The second-order valence-corrected chi connectivity index (χ2v) is 5.08. The lowest BCUT2D eigenvalue weighted by Crippen LogP contribution is -2.26.